The number of alkyl halides is 1. The van der Waals surface area contributed by atoms with E-state index in [1.54, 1.807) is 11.3 Å². The molecule has 102 valence electrons. The van der Waals surface area contributed by atoms with Crippen LogP contribution in [0, 0.1) is 12.7 Å². The van der Waals surface area contributed by atoms with Gasteiger partial charge in [0.05, 0.1) is 20.6 Å². The molecule has 20 heavy (non-hydrogen) atoms. The molecule has 1 atom stereocenters. The van der Waals surface area contributed by atoms with Crippen LogP contribution in [0.2, 0.25) is 0 Å². The minimum Gasteiger partial charge on any atom is -0.241 e. The fraction of sp³-hybridized carbons (Fsp3) is 0.188. The highest BCUT2D eigenvalue weighted by Crippen LogP contribution is 2.30. The third kappa shape index (κ3) is 2.84. The van der Waals surface area contributed by atoms with Crippen molar-refractivity contribution in [3.05, 3.63) is 64.4 Å². The molecule has 0 bridgehead atoms. The summed E-state index contributed by atoms with van der Waals surface area (Å²) in [6, 6.07) is 12.9. The Kier molecular flexibility index (Phi) is 3.72. The number of para-hydroxylation sites is 1. The van der Waals surface area contributed by atoms with Crippen LogP contribution in [-0.4, -0.2) is 4.98 Å². The molecule has 0 saturated carbocycles. The molecule has 1 nitrogen and oxygen atoms in total. The van der Waals surface area contributed by atoms with Crippen molar-refractivity contribution in [2.45, 2.75) is 18.7 Å². The molecular weight excluding hydrogens is 293 g/mol. The van der Waals surface area contributed by atoms with Gasteiger partial charge >= 0.3 is 0 Å². The van der Waals surface area contributed by atoms with E-state index in [1.165, 1.54) is 12.1 Å². The van der Waals surface area contributed by atoms with Crippen LogP contribution in [0.25, 0.3) is 10.2 Å². The van der Waals surface area contributed by atoms with E-state index in [9.17, 15) is 4.39 Å². The average molecular weight is 306 g/mol. The molecule has 3 aromatic rings. The van der Waals surface area contributed by atoms with Gasteiger partial charge < -0.3 is 0 Å². The van der Waals surface area contributed by atoms with Crippen molar-refractivity contribution in [3.63, 3.8) is 0 Å². The van der Waals surface area contributed by atoms with Gasteiger partial charge in [0.15, 0.2) is 0 Å². The Bertz CT molecular complexity index is 700. The van der Waals surface area contributed by atoms with E-state index in [0.717, 1.165) is 26.4 Å². The average Bonchev–Trinajstić information content (AvgIpc) is 2.79. The zero-order valence-corrected chi connectivity index (χ0v) is 12.5. The SMILES string of the molecule is Cc1cc(F)cc(C(Cl)Cc2nc3ccccc3s2)c1. The van der Waals surface area contributed by atoms with E-state index in [-0.39, 0.29) is 11.2 Å². The molecule has 2 aromatic carbocycles. The number of hydrogen-bond donors (Lipinski definition) is 0. The number of hydrogen-bond acceptors (Lipinski definition) is 2. The standard InChI is InChI=1S/C16H13ClFNS/c1-10-6-11(8-12(18)7-10)13(17)9-16-19-14-4-2-3-5-15(14)20-16/h2-8,13H,9H2,1H3. The van der Waals surface area contributed by atoms with Crippen LogP contribution in [-0.2, 0) is 6.42 Å². The second-order valence-electron chi connectivity index (χ2n) is 4.81. The Labute approximate surface area is 126 Å². The monoisotopic (exact) mass is 305 g/mol. The minimum atomic E-state index is -0.259. The fourth-order valence-corrected chi connectivity index (χ4v) is 3.60. The highest BCUT2D eigenvalue weighted by molar-refractivity contribution is 7.18. The van der Waals surface area contributed by atoms with Gasteiger partial charge in [0.25, 0.3) is 0 Å². The summed E-state index contributed by atoms with van der Waals surface area (Å²) in [6.45, 7) is 1.87. The second kappa shape index (κ2) is 5.51. The summed E-state index contributed by atoms with van der Waals surface area (Å²) in [5.74, 6) is -0.241. The number of thiazole rings is 1. The zero-order chi connectivity index (χ0) is 14.1. The Morgan fingerprint density at radius 2 is 2.05 bits per heavy atom. The summed E-state index contributed by atoms with van der Waals surface area (Å²) in [5.41, 5.74) is 2.69. The molecule has 0 aliphatic carbocycles. The second-order valence-corrected chi connectivity index (χ2v) is 6.45. The van der Waals surface area contributed by atoms with Gasteiger partial charge in [-0.25, -0.2) is 9.37 Å². The lowest BCUT2D eigenvalue weighted by atomic mass is 10.1. The first-order valence-electron chi connectivity index (χ1n) is 6.37. The lowest BCUT2D eigenvalue weighted by molar-refractivity contribution is 0.623. The lowest BCUT2D eigenvalue weighted by Gasteiger charge is -2.09. The number of fused-ring (bicyclic) bond motifs is 1. The number of aryl methyl sites for hydroxylation is 1. The number of aromatic nitrogens is 1. The molecule has 0 radical (unpaired) electrons. The van der Waals surface area contributed by atoms with Crippen molar-refractivity contribution < 1.29 is 4.39 Å². The van der Waals surface area contributed by atoms with Gasteiger partial charge in [-0.1, -0.05) is 18.2 Å². The maximum atomic E-state index is 13.4. The Hall–Kier alpha value is -1.45. The van der Waals surface area contributed by atoms with Crippen molar-refractivity contribution in [3.8, 4) is 0 Å². The Morgan fingerprint density at radius 3 is 2.80 bits per heavy atom. The number of nitrogens with zero attached hydrogens (tertiary/aromatic N) is 1. The minimum absolute atomic E-state index is 0.241. The van der Waals surface area contributed by atoms with E-state index >= 15 is 0 Å². The van der Waals surface area contributed by atoms with Gasteiger partial charge in [0.2, 0.25) is 0 Å². The van der Waals surface area contributed by atoms with Crippen LogP contribution < -0.4 is 0 Å². The summed E-state index contributed by atoms with van der Waals surface area (Å²) in [4.78, 5) is 4.56. The topological polar surface area (TPSA) is 12.9 Å². The van der Waals surface area contributed by atoms with E-state index in [2.05, 4.69) is 4.98 Å². The van der Waals surface area contributed by atoms with E-state index in [1.807, 2.05) is 37.3 Å². The fourth-order valence-electron chi connectivity index (χ4n) is 2.22. The largest absolute Gasteiger partial charge is 0.241 e. The van der Waals surface area contributed by atoms with Crippen molar-refractivity contribution in [2.24, 2.45) is 0 Å². The molecule has 0 amide bonds. The molecule has 0 N–H and O–H groups in total. The van der Waals surface area contributed by atoms with Gasteiger partial charge in [-0.3, -0.25) is 0 Å². The highest BCUT2D eigenvalue weighted by atomic mass is 35.5. The molecule has 4 heteroatoms. The van der Waals surface area contributed by atoms with Crippen LogP contribution in [0.4, 0.5) is 4.39 Å². The van der Waals surface area contributed by atoms with Crippen molar-refractivity contribution in [1.82, 2.24) is 4.98 Å². The van der Waals surface area contributed by atoms with Crippen molar-refractivity contribution in [1.29, 1.82) is 0 Å². The molecule has 0 spiro atoms. The first kappa shape index (κ1) is 13.5. The van der Waals surface area contributed by atoms with E-state index in [0.29, 0.717) is 6.42 Å². The maximum Gasteiger partial charge on any atom is 0.123 e. The smallest absolute Gasteiger partial charge is 0.123 e. The van der Waals surface area contributed by atoms with Gasteiger partial charge in [-0.05, 0) is 42.3 Å². The van der Waals surface area contributed by atoms with Crippen LogP contribution in [0.1, 0.15) is 21.5 Å². The third-order valence-electron chi connectivity index (χ3n) is 3.12. The van der Waals surface area contributed by atoms with Crippen LogP contribution in [0.3, 0.4) is 0 Å². The van der Waals surface area contributed by atoms with Crippen LogP contribution in [0.5, 0.6) is 0 Å². The first-order valence-corrected chi connectivity index (χ1v) is 7.63. The van der Waals surface area contributed by atoms with Gasteiger partial charge in [0, 0.05) is 6.42 Å². The lowest BCUT2D eigenvalue weighted by Crippen LogP contribution is -1.97. The van der Waals surface area contributed by atoms with E-state index in [4.69, 9.17) is 11.6 Å². The molecule has 0 aliphatic rings. The summed E-state index contributed by atoms with van der Waals surface area (Å²) >= 11 is 8.05. The Morgan fingerprint density at radius 1 is 1.25 bits per heavy atom. The predicted octanol–water partition coefficient (Wildman–Crippen LogP) is 5.27. The van der Waals surface area contributed by atoms with Crippen LogP contribution in [0.15, 0.2) is 42.5 Å². The number of rotatable bonds is 3. The molecular formula is C16H13ClFNS. The molecule has 0 saturated heterocycles. The predicted molar refractivity (Wildman–Crippen MR) is 83.1 cm³/mol. The number of benzene rings is 2. The summed E-state index contributed by atoms with van der Waals surface area (Å²) in [5, 5.41) is 0.720. The molecule has 3 rings (SSSR count). The quantitative estimate of drug-likeness (QED) is 0.601. The molecule has 1 heterocycles. The Balaban J connectivity index is 1.86. The molecule has 0 fully saturated rings. The normalized spacial score (nSPS) is 12.8. The van der Waals surface area contributed by atoms with Crippen molar-refractivity contribution >= 4 is 33.2 Å². The molecule has 1 unspecified atom stereocenters. The van der Waals surface area contributed by atoms with Gasteiger partial charge in [0.1, 0.15) is 5.82 Å². The molecule has 1 aromatic heterocycles. The zero-order valence-electron chi connectivity index (χ0n) is 10.9. The maximum absolute atomic E-state index is 13.4. The van der Waals surface area contributed by atoms with E-state index < -0.39 is 0 Å². The first-order chi connectivity index (χ1) is 9.61. The molecule has 0 aliphatic heterocycles. The number of halogens is 2. The summed E-state index contributed by atoms with van der Waals surface area (Å²) in [6.07, 6.45) is 0.615. The van der Waals surface area contributed by atoms with Crippen LogP contribution >= 0.6 is 22.9 Å². The van der Waals surface area contributed by atoms with Crippen molar-refractivity contribution in [2.75, 3.05) is 0 Å². The highest BCUT2D eigenvalue weighted by Gasteiger charge is 2.13. The summed E-state index contributed by atoms with van der Waals surface area (Å²) < 4.78 is 14.6. The third-order valence-corrected chi connectivity index (χ3v) is 4.58. The summed E-state index contributed by atoms with van der Waals surface area (Å²) in [7, 11) is 0. The van der Waals surface area contributed by atoms with Gasteiger partial charge in [-0.15, -0.1) is 22.9 Å². The van der Waals surface area contributed by atoms with Gasteiger partial charge in [-0.2, -0.15) is 0 Å².